The fourth-order valence-corrected chi connectivity index (χ4v) is 3.10. The zero-order chi connectivity index (χ0) is 13.2. The van der Waals surface area contributed by atoms with Crippen LogP contribution in [0.15, 0.2) is 28.7 Å². The van der Waals surface area contributed by atoms with Gasteiger partial charge in [0.2, 0.25) is 0 Å². The van der Waals surface area contributed by atoms with Gasteiger partial charge in [-0.1, -0.05) is 15.9 Å². The molecule has 1 aromatic carbocycles. The maximum absolute atomic E-state index is 5.71. The largest absolute Gasteiger partial charge is 0.366 e. The Morgan fingerprint density at radius 2 is 2.00 bits per heavy atom. The SMILES string of the molecule is CC1(C)CCC(CCN)CN1c1ccc(Br)cc1. The van der Waals surface area contributed by atoms with Crippen LogP contribution in [0.1, 0.15) is 33.1 Å². The van der Waals surface area contributed by atoms with Crippen molar-refractivity contribution in [2.75, 3.05) is 18.0 Å². The van der Waals surface area contributed by atoms with E-state index in [0.29, 0.717) is 0 Å². The normalized spacial score (nSPS) is 23.1. The number of nitrogens with two attached hydrogens (primary N) is 1. The summed E-state index contributed by atoms with van der Waals surface area (Å²) >= 11 is 3.50. The van der Waals surface area contributed by atoms with Crippen LogP contribution in [-0.2, 0) is 0 Å². The number of halogens is 1. The van der Waals surface area contributed by atoms with Crippen LogP contribution >= 0.6 is 15.9 Å². The van der Waals surface area contributed by atoms with E-state index in [4.69, 9.17) is 5.73 Å². The quantitative estimate of drug-likeness (QED) is 0.920. The van der Waals surface area contributed by atoms with Crippen molar-refractivity contribution in [1.29, 1.82) is 0 Å². The van der Waals surface area contributed by atoms with E-state index < -0.39 is 0 Å². The summed E-state index contributed by atoms with van der Waals surface area (Å²) in [6, 6.07) is 8.66. The van der Waals surface area contributed by atoms with E-state index in [1.54, 1.807) is 0 Å². The molecule has 1 fully saturated rings. The summed E-state index contributed by atoms with van der Waals surface area (Å²) in [5.41, 5.74) is 7.28. The third-order valence-corrected chi connectivity index (χ3v) is 4.58. The Morgan fingerprint density at radius 1 is 1.33 bits per heavy atom. The third kappa shape index (κ3) is 3.07. The lowest BCUT2D eigenvalue weighted by molar-refractivity contribution is 0.282. The summed E-state index contributed by atoms with van der Waals surface area (Å²) in [6.45, 7) is 6.62. The summed E-state index contributed by atoms with van der Waals surface area (Å²) in [5, 5.41) is 0. The van der Waals surface area contributed by atoms with Gasteiger partial charge in [-0.25, -0.2) is 0 Å². The third-order valence-electron chi connectivity index (χ3n) is 4.05. The number of rotatable bonds is 3. The van der Waals surface area contributed by atoms with E-state index in [2.05, 4.69) is 58.9 Å². The summed E-state index contributed by atoms with van der Waals surface area (Å²) in [7, 11) is 0. The van der Waals surface area contributed by atoms with E-state index in [1.807, 2.05) is 0 Å². The number of nitrogens with zero attached hydrogens (tertiary/aromatic N) is 1. The fourth-order valence-electron chi connectivity index (χ4n) is 2.84. The maximum atomic E-state index is 5.71. The lowest BCUT2D eigenvalue weighted by Gasteiger charge is -2.47. The van der Waals surface area contributed by atoms with Crippen molar-refractivity contribution in [1.82, 2.24) is 0 Å². The van der Waals surface area contributed by atoms with Gasteiger partial charge in [-0.2, -0.15) is 0 Å². The number of piperidine rings is 1. The van der Waals surface area contributed by atoms with Crippen LogP contribution in [0.4, 0.5) is 5.69 Å². The minimum absolute atomic E-state index is 0.249. The molecule has 0 bridgehead atoms. The molecule has 2 N–H and O–H groups in total. The van der Waals surface area contributed by atoms with Gasteiger partial charge < -0.3 is 10.6 Å². The minimum atomic E-state index is 0.249. The molecule has 0 spiro atoms. The fraction of sp³-hybridized carbons (Fsp3) is 0.600. The molecular weight excluding hydrogens is 288 g/mol. The molecule has 1 atom stereocenters. The first-order chi connectivity index (χ1) is 8.53. The predicted octanol–water partition coefficient (Wildman–Crippen LogP) is 3.79. The van der Waals surface area contributed by atoms with Gasteiger partial charge in [-0.15, -0.1) is 0 Å². The Bertz CT molecular complexity index is 386. The topological polar surface area (TPSA) is 29.3 Å². The zero-order valence-electron chi connectivity index (χ0n) is 11.3. The second kappa shape index (κ2) is 5.62. The number of hydrogen-bond donors (Lipinski definition) is 1. The van der Waals surface area contributed by atoms with Crippen LogP contribution in [-0.4, -0.2) is 18.6 Å². The summed E-state index contributed by atoms with van der Waals surface area (Å²) in [5.74, 6) is 0.742. The van der Waals surface area contributed by atoms with Gasteiger partial charge in [0.1, 0.15) is 0 Å². The average molecular weight is 311 g/mol. The van der Waals surface area contributed by atoms with E-state index in [-0.39, 0.29) is 5.54 Å². The molecule has 0 radical (unpaired) electrons. The first kappa shape index (κ1) is 13.9. The number of anilines is 1. The molecule has 0 saturated carbocycles. The lowest BCUT2D eigenvalue weighted by Crippen LogP contribution is -2.50. The van der Waals surface area contributed by atoms with Crippen molar-refractivity contribution in [3.8, 4) is 0 Å². The molecule has 0 aromatic heterocycles. The van der Waals surface area contributed by atoms with Gasteiger partial charge in [0, 0.05) is 22.2 Å². The van der Waals surface area contributed by atoms with Crippen LogP contribution in [0, 0.1) is 5.92 Å². The maximum Gasteiger partial charge on any atom is 0.0371 e. The van der Waals surface area contributed by atoms with E-state index in [1.165, 1.54) is 18.5 Å². The first-order valence-electron chi connectivity index (χ1n) is 6.76. The Morgan fingerprint density at radius 3 is 2.61 bits per heavy atom. The molecule has 1 aliphatic heterocycles. The molecular formula is C15H23BrN2. The van der Waals surface area contributed by atoms with Crippen molar-refractivity contribution in [2.24, 2.45) is 11.7 Å². The molecule has 1 heterocycles. The highest BCUT2D eigenvalue weighted by Gasteiger charge is 2.33. The predicted molar refractivity (Wildman–Crippen MR) is 82.0 cm³/mol. The molecule has 2 rings (SSSR count). The lowest BCUT2D eigenvalue weighted by atomic mass is 9.83. The minimum Gasteiger partial charge on any atom is -0.366 e. The van der Waals surface area contributed by atoms with Crippen molar-refractivity contribution >= 4 is 21.6 Å². The summed E-state index contributed by atoms with van der Waals surface area (Å²) in [4.78, 5) is 2.54. The van der Waals surface area contributed by atoms with E-state index in [9.17, 15) is 0 Å². The molecule has 0 aliphatic carbocycles. The molecule has 1 saturated heterocycles. The molecule has 100 valence electrons. The van der Waals surface area contributed by atoms with Crippen LogP contribution < -0.4 is 10.6 Å². The highest BCUT2D eigenvalue weighted by molar-refractivity contribution is 9.10. The van der Waals surface area contributed by atoms with Gasteiger partial charge >= 0.3 is 0 Å². The first-order valence-corrected chi connectivity index (χ1v) is 7.55. The molecule has 1 aliphatic rings. The Labute approximate surface area is 119 Å². The molecule has 1 aromatic rings. The zero-order valence-corrected chi connectivity index (χ0v) is 12.9. The number of hydrogen-bond acceptors (Lipinski definition) is 2. The molecule has 1 unspecified atom stereocenters. The Kier molecular flexibility index (Phi) is 4.33. The van der Waals surface area contributed by atoms with Gasteiger partial charge in [0.25, 0.3) is 0 Å². The van der Waals surface area contributed by atoms with Crippen LogP contribution in [0.5, 0.6) is 0 Å². The summed E-state index contributed by atoms with van der Waals surface area (Å²) < 4.78 is 1.14. The van der Waals surface area contributed by atoms with Gasteiger partial charge in [-0.3, -0.25) is 0 Å². The Hall–Kier alpha value is -0.540. The van der Waals surface area contributed by atoms with Crippen LogP contribution in [0.3, 0.4) is 0 Å². The second-order valence-corrected chi connectivity index (χ2v) is 6.80. The highest BCUT2D eigenvalue weighted by atomic mass is 79.9. The van der Waals surface area contributed by atoms with Crippen LogP contribution in [0.2, 0.25) is 0 Å². The Balaban J connectivity index is 2.18. The van der Waals surface area contributed by atoms with Crippen molar-refractivity contribution in [3.05, 3.63) is 28.7 Å². The molecule has 0 amide bonds. The van der Waals surface area contributed by atoms with Gasteiger partial charge in [0.05, 0.1) is 0 Å². The van der Waals surface area contributed by atoms with E-state index >= 15 is 0 Å². The molecule has 2 nitrogen and oxygen atoms in total. The van der Waals surface area contributed by atoms with Crippen LogP contribution in [0.25, 0.3) is 0 Å². The highest BCUT2D eigenvalue weighted by Crippen LogP contribution is 2.36. The summed E-state index contributed by atoms with van der Waals surface area (Å²) in [6.07, 6.45) is 3.69. The van der Waals surface area contributed by atoms with Gasteiger partial charge in [-0.05, 0) is 69.8 Å². The number of benzene rings is 1. The average Bonchev–Trinajstić information content (AvgIpc) is 2.33. The standard InChI is InChI=1S/C15H23BrN2/c1-15(2)9-7-12(8-10-17)11-18(15)14-5-3-13(16)4-6-14/h3-6,12H,7-11,17H2,1-2H3. The smallest absolute Gasteiger partial charge is 0.0371 e. The monoisotopic (exact) mass is 310 g/mol. The van der Waals surface area contributed by atoms with Crippen molar-refractivity contribution in [3.63, 3.8) is 0 Å². The van der Waals surface area contributed by atoms with E-state index in [0.717, 1.165) is 29.9 Å². The second-order valence-electron chi connectivity index (χ2n) is 5.88. The molecule has 18 heavy (non-hydrogen) atoms. The van der Waals surface area contributed by atoms with Crippen molar-refractivity contribution < 1.29 is 0 Å². The molecule has 3 heteroatoms. The van der Waals surface area contributed by atoms with Crippen molar-refractivity contribution in [2.45, 2.75) is 38.6 Å². The van der Waals surface area contributed by atoms with Gasteiger partial charge in [0.15, 0.2) is 0 Å².